The van der Waals surface area contributed by atoms with Gasteiger partial charge in [-0.05, 0) is 64.9 Å². The monoisotopic (exact) mass is 346 g/mol. The van der Waals surface area contributed by atoms with Crippen molar-refractivity contribution < 1.29 is 18.8 Å². The first kappa shape index (κ1) is 20.0. The van der Waals surface area contributed by atoms with Crippen LogP contribution in [0, 0.1) is 12.8 Å². The molecule has 1 aromatic rings. The van der Waals surface area contributed by atoms with Crippen LogP contribution in [0.3, 0.4) is 0 Å². The van der Waals surface area contributed by atoms with Gasteiger partial charge in [0.2, 0.25) is 0 Å². The van der Waals surface area contributed by atoms with Crippen LogP contribution in [0.25, 0.3) is 0 Å². The zero-order valence-electron chi connectivity index (χ0n) is 16.6. The first-order valence-corrected chi connectivity index (χ1v) is 9.10. The van der Waals surface area contributed by atoms with Crippen LogP contribution in [0.15, 0.2) is 18.2 Å². The van der Waals surface area contributed by atoms with Crippen molar-refractivity contribution in [2.75, 3.05) is 7.11 Å². The highest BCUT2D eigenvalue weighted by molar-refractivity contribution is 6.62. The number of ether oxygens (including phenoxy) is 1. The Morgan fingerprint density at radius 2 is 1.80 bits per heavy atom. The standard InChI is InChI=1S/C20H31BO4/c1-14-11-12-16(10-8-9-15(2)18(22)23-7)13-17(14)21-24-19(3,4)20(5,6)25-21/h11-13,15H,8-10H2,1-7H3/t15-/m0/s1. The lowest BCUT2D eigenvalue weighted by Gasteiger charge is -2.32. The molecule has 0 N–H and O–H groups in total. The van der Waals surface area contributed by atoms with Gasteiger partial charge in [-0.25, -0.2) is 0 Å². The predicted octanol–water partition coefficient (Wildman–Crippen LogP) is 3.43. The maximum absolute atomic E-state index is 11.5. The third-order valence-electron chi connectivity index (χ3n) is 5.56. The zero-order chi connectivity index (χ0) is 18.8. The van der Waals surface area contributed by atoms with E-state index in [1.807, 2.05) is 6.92 Å². The Balaban J connectivity index is 2.05. The fraction of sp³-hybridized carbons (Fsp3) is 0.650. The SMILES string of the molecule is COC(=O)[C@@H](C)CCCc1ccc(C)c(B2OC(C)(C)C(C)(C)O2)c1. The van der Waals surface area contributed by atoms with Gasteiger partial charge < -0.3 is 14.0 Å². The van der Waals surface area contributed by atoms with Crippen molar-refractivity contribution in [2.45, 2.75) is 72.0 Å². The lowest BCUT2D eigenvalue weighted by Crippen LogP contribution is -2.41. The van der Waals surface area contributed by atoms with Crippen molar-refractivity contribution in [1.29, 1.82) is 0 Å². The summed E-state index contributed by atoms with van der Waals surface area (Å²) in [5.41, 5.74) is 2.83. The number of methoxy groups -OCH3 is 1. The van der Waals surface area contributed by atoms with E-state index in [1.165, 1.54) is 18.2 Å². The molecular formula is C20H31BO4. The molecule has 1 saturated heterocycles. The van der Waals surface area contributed by atoms with Crippen molar-refractivity contribution in [2.24, 2.45) is 5.92 Å². The topological polar surface area (TPSA) is 44.8 Å². The van der Waals surface area contributed by atoms with Crippen LogP contribution in [-0.4, -0.2) is 31.4 Å². The summed E-state index contributed by atoms with van der Waals surface area (Å²) >= 11 is 0. The van der Waals surface area contributed by atoms with Crippen molar-refractivity contribution in [1.82, 2.24) is 0 Å². The predicted molar refractivity (Wildman–Crippen MR) is 101 cm³/mol. The smallest absolute Gasteiger partial charge is 0.469 e. The van der Waals surface area contributed by atoms with Gasteiger partial charge in [-0.15, -0.1) is 0 Å². The molecule has 5 heteroatoms. The summed E-state index contributed by atoms with van der Waals surface area (Å²) in [6.45, 7) is 12.3. The normalized spacial score (nSPS) is 19.7. The van der Waals surface area contributed by atoms with Crippen molar-refractivity contribution in [3.05, 3.63) is 29.3 Å². The van der Waals surface area contributed by atoms with Gasteiger partial charge in [0.1, 0.15) is 0 Å². The third kappa shape index (κ3) is 4.45. The summed E-state index contributed by atoms with van der Waals surface area (Å²) < 4.78 is 17.2. The molecule has 0 spiro atoms. The number of rotatable bonds is 6. The number of benzene rings is 1. The highest BCUT2D eigenvalue weighted by Crippen LogP contribution is 2.36. The van der Waals surface area contributed by atoms with Crippen LogP contribution in [0.4, 0.5) is 0 Å². The number of hydrogen-bond donors (Lipinski definition) is 0. The van der Waals surface area contributed by atoms with Gasteiger partial charge in [-0.1, -0.05) is 30.7 Å². The van der Waals surface area contributed by atoms with E-state index in [9.17, 15) is 4.79 Å². The fourth-order valence-corrected chi connectivity index (χ4v) is 3.00. The average Bonchev–Trinajstić information content (AvgIpc) is 2.75. The van der Waals surface area contributed by atoms with E-state index in [-0.39, 0.29) is 30.2 Å². The lowest BCUT2D eigenvalue weighted by atomic mass is 9.75. The molecule has 138 valence electrons. The highest BCUT2D eigenvalue weighted by atomic mass is 16.7. The summed E-state index contributed by atoms with van der Waals surface area (Å²) in [6.07, 6.45) is 2.70. The molecule has 0 amide bonds. The quantitative estimate of drug-likeness (QED) is 0.585. The second-order valence-corrected chi connectivity index (χ2v) is 8.10. The third-order valence-corrected chi connectivity index (χ3v) is 5.56. The molecule has 1 atom stereocenters. The van der Waals surface area contributed by atoms with Gasteiger partial charge >= 0.3 is 13.1 Å². The summed E-state index contributed by atoms with van der Waals surface area (Å²) in [4.78, 5) is 11.5. The van der Waals surface area contributed by atoms with E-state index < -0.39 is 0 Å². The first-order valence-electron chi connectivity index (χ1n) is 9.10. The highest BCUT2D eigenvalue weighted by Gasteiger charge is 2.52. The van der Waals surface area contributed by atoms with E-state index in [0.29, 0.717) is 0 Å². The Labute approximate surface area is 152 Å². The Morgan fingerprint density at radius 3 is 2.36 bits per heavy atom. The molecule has 0 bridgehead atoms. The van der Waals surface area contributed by atoms with Gasteiger partial charge in [-0.3, -0.25) is 4.79 Å². The largest absolute Gasteiger partial charge is 0.495 e. The molecule has 2 rings (SSSR count). The average molecular weight is 346 g/mol. The van der Waals surface area contributed by atoms with Gasteiger partial charge in [0.05, 0.1) is 24.2 Å². The summed E-state index contributed by atoms with van der Waals surface area (Å²) in [7, 11) is 1.11. The second kappa shape index (κ2) is 7.51. The van der Waals surface area contributed by atoms with Gasteiger partial charge in [-0.2, -0.15) is 0 Å². The second-order valence-electron chi connectivity index (χ2n) is 8.10. The van der Waals surface area contributed by atoms with Gasteiger partial charge in [0.25, 0.3) is 0 Å². The van der Waals surface area contributed by atoms with E-state index in [0.717, 1.165) is 24.7 Å². The Morgan fingerprint density at radius 1 is 1.20 bits per heavy atom. The van der Waals surface area contributed by atoms with Crippen molar-refractivity contribution in [3.63, 3.8) is 0 Å². The molecular weight excluding hydrogens is 315 g/mol. The van der Waals surface area contributed by atoms with E-state index in [1.54, 1.807) is 0 Å². The molecule has 0 unspecified atom stereocenters. The van der Waals surface area contributed by atoms with E-state index in [4.69, 9.17) is 14.0 Å². The molecule has 0 aromatic heterocycles. The van der Waals surface area contributed by atoms with Crippen molar-refractivity contribution >= 4 is 18.6 Å². The molecule has 0 aliphatic carbocycles. The first-order chi connectivity index (χ1) is 11.6. The van der Waals surface area contributed by atoms with Crippen LogP contribution in [0.1, 0.15) is 58.6 Å². The lowest BCUT2D eigenvalue weighted by molar-refractivity contribution is -0.145. The van der Waals surface area contributed by atoms with Crippen LogP contribution < -0.4 is 5.46 Å². The summed E-state index contributed by atoms with van der Waals surface area (Å²) in [5, 5.41) is 0. The Kier molecular flexibility index (Phi) is 6.00. The molecule has 1 aliphatic rings. The Hall–Kier alpha value is -1.33. The number of carbonyl (C=O) groups is 1. The summed E-state index contributed by atoms with van der Waals surface area (Å²) in [5.74, 6) is -0.195. The molecule has 1 fully saturated rings. The molecule has 0 saturated carbocycles. The van der Waals surface area contributed by atoms with Gasteiger partial charge in [0.15, 0.2) is 0 Å². The number of esters is 1. The molecule has 1 aromatic carbocycles. The van der Waals surface area contributed by atoms with Crippen LogP contribution >= 0.6 is 0 Å². The fourth-order valence-electron chi connectivity index (χ4n) is 3.00. The van der Waals surface area contributed by atoms with Crippen LogP contribution in [0.2, 0.25) is 0 Å². The molecule has 1 heterocycles. The minimum atomic E-state index is -0.337. The number of carbonyl (C=O) groups excluding carboxylic acids is 1. The van der Waals surface area contributed by atoms with Crippen LogP contribution in [0.5, 0.6) is 0 Å². The minimum Gasteiger partial charge on any atom is -0.469 e. The molecule has 4 nitrogen and oxygen atoms in total. The molecule has 25 heavy (non-hydrogen) atoms. The van der Waals surface area contributed by atoms with E-state index in [2.05, 4.69) is 52.8 Å². The number of hydrogen-bond acceptors (Lipinski definition) is 4. The maximum atomic E-state index is 11.5. The van der Waals surface area contributed by atoms with E-state index >= 15 is 0 Å². The molecule has 0 radical (unpaired) electrons. The maximum Gasteiger partial charge on any atom is 0.495 e. The van der Waals surface area contributed by atoms with Gasteiger partial charge in [0, 0.05) is 0 Å². The minimum absolute atomic E-state index is 0.0574. The Bertz CT molecular complexity index is 608. The number of aryl methyl sites for hydroxylation is 2. The zero-order valence-corrected chi connectivity index (χ0v) is 16.6. The summed E-state index contributed by atoms with van der Waals surface area (Å²) in [6, 6.07) is 6.45. The van der Waals surface area contributed by atoms with Crippen molar-refractivity contribution in [3.8, 4) is 0 Å². The van der Waals surface area contributed by atoms with Crippen LogP contribution in [-0.2, 0) is 25.3 Å². The molecule has 1 aliphatic heterocycles.